The zero-order valence-corrected chi connectivity index (χ0v) is 7.34. The predicted octanol–water partition coefficient (Wildman–Crippen LogP) is 0.457. The Kier molecular flexibility index (Phi) is 4.36. The average Bonchev–Trinajstić information content (AvgIpc) is 1.80. The topological polar surface area (TPSA) is 100 Å². The van der Waals surface area contributed by atoms with Gasteiger partial charge in [0.15, 0.2) is 11.8 Å². The second kappa shape index (κ2) is 5.02. The zero-order chi connectivity index (χ0) is 10.4. The molecular formula is C7H10N2O4. The molecule has 0 aromatic rings. The summed E-state index contributed by atoms with van der Waals surface area (Å²) < 4.78 is 8.55. The Labute approximate surface area is 74.8 Å². The van der Waals surface area contributed by atoms with E-state index < -0.39 is 18.4 Å². The molecule has 0 heterocycles. The molecule has 0 saturated heterocycles. The molecule has 0 bridgehead atoms. The third kappa shape index (κ3) is 6.67. The lowest BCUT2D eigenvalue weighted by molar-refractivity contribution is -0.145. The molecule has 0 atom stereocenters. The highest BCUT2D eigenvalue weighted by molar-refractivity contribution is 5.99. The predicted molar refractivity (Wildman–Crippen MR) is 43.6 cm³/mol. The van der Waals surface area contributed by atoms with Gasteiger partial charge in [0.1, 0.15) is 6.42 Å². The van der Waals surface area contributed by atoms with Crippen molar-refractivity contribution >= 4 is 23.7 Å². The van der Waals surface area contributed by atoms with Gasteiger partial charge in [-0.2, -0.15) is 0 Å². The summed E-state index contributed by atoms with van der Waals surface area (Å²) in [5, 5.41) is 13.5. The first kappa shape index (κ1) is 11.3. The summed E-state index contributed by atoms with van der Waals surface area (Å²) in [4.78, 5) is 21.4. The highest BCUT2D eigenvalue weighted by atomic mass is 16.6. The number of carbonyl (C=O) groups excluding carboxylic acids is 2. The van der Waals surface area contributed by atoms with E-state index in [0.717, 1.165) is 0 Å². The second-order valence-corrected chi connectivity index (χ2v) is 2.24. The Balaban J connectivity index is 3.85. The molecule has 6 nitrogen and oxygen atoms in total. The van der Waals surface area contributed by atoms with E-state index >= 15 is 0 Å². The second-order valence-electron chi connectivity index (χ2n) is 2.24. The van der Waals surface area contributed by atoms with Gasteiger partial charge in [-0.1, -0.05) is 0 Å². The third-order valence-electron chi connectivity index (χ3n) is 0.823. The molecule has 6 heteroatoms. The van der Waals surface area contributed by atoms with Crippen molar-refractivity contribution < 1.29 is 19.1 Å². The first-order valence-corrected chi connectivity index (χ1v) is 3.43. The third-order valence-corrected chi connectivity index (χ3v) is 0.823. The number of rotatable bonds is 2. The molecule has 0 radical (unpaired) electrons. The molecule has 0 spiro atoms. The number of nitrogens with one attached hydrogen (secondary N) is 2. The molecule has 0 aliphatic rings. The van der Waals surface area contributed by atoms with Gasteiger partial charge in [-0.05, 0) is 0 Å². The molecule has 72 valence electrons. The summed E-state index contributed by atoms with van der Waals surface area (Å²) in [6, 6.07) is 0. The summed E-state index contributed by atoms with van der Waals surface area (Å²) in [6.45, 7) is 2.54. The van der Waals surface area contributed by atoms with Crippen LogP contribution in [0.2, 0.25) is 0 Å². The highest BCUT2D eigenvalue weighted by Gasteiger charge is 2.13. The number of esters is 2. The number of carbonyl (C=O) groups is 2. The van der Waals surface area contributed by atoms with E-state index in [1.807, 2.05) is 0 Å². The SMILES string of the molecule is CC(=N)OC(=O)CC(=O)OC(C)=N. The maximum atomic E-state index is 10.7. The van der Waals surface area contributed by atoms with E-state index in [0.29, 0.717) is 0 Å². The van der Waals surface area contributed by atoms with Crippen LogP contribution in [0, 0.1) is 10.8 Å². The zero-order valence-electron chi connectivity index (χ0n) is 7.34. The van der Waals surface area contributed by atoms with Crippen molar-refractivity contribution in [3.05, 3.63) is 0 Å². The average molecular weight is 186 g/mol. The van der Waals surface area contributed by atoms with Gasteiger partial charge >= 0.3 is 11.9 Å². The van der Waals surface area contributed by atoms with Gasteiger partial charge in [-0.3, -0.25) is 20.4 Å². The lowest BCUT2D eigenvalue weighted by Gasteiger charge is -2.01. The molecule has 13 heavy (non-hydrogen) atoms. The van der Waals surface area contributed by atoms with Gasteiger partial charge in [0, 0.05) is 13.8 Å². The van der Waals surface area contributed by atoms with E-state index in [4.69, 9.17) is 10.8 Å². The molecule has 0 fully saturated rings. The van der Waals surface area contributed by atoms with Crippen LogP contribution in [0.3, 0.4) is 0 Å². The fourth-order valence-electron chi connectivity index (χ4n) is 0.532. The van der Waals surface area contributed by atoms with Crippen molar-refractivity contribution in [3.8, 4) is 0 Å². The fraction of sp³-hybridized carbons (Fsp3) is 0.429. The Morgan fingerprint density at radius 2 is 1.31 bits per heavy atom. The summed E-state index contributed by atoms with van der Waals surface area (Å²) >= 11 is 0. The van der Waals surface area contributed by atoms with Crippen LogP contribution in [0.25, 0.3) is 0 Å². The van der Waals surface area contributed by atoms with E-state index in [1.54, 1.807) is 0 Å². The highest BCUT2D eigenvalue weighted by Crippen LogP contribution is 1.92. The van der Waals surface area contributed by atoms with Gasteiger partial charge in [-0.15, -0.1) is 0 Å². The summed E-state index contributed by atoms with van der Waals surface area (Å²) in [5.74, 6) is -2.30. The number of hydrogen-bond acceptors (Lipinski definition) is 6. The molecular weight excluding hydrogens is 176 g/mol. The van der Waals surface area contributed by atoms with E-state index in [1.165, 1.54) is 13.8 Å². The quantitative estimate of drug-likeness (QED) is 0.283. The Hall–Kier alpha value is -1.72. The summed E-state index contributed by atoms with van der Waals surface area (Å²) in [5.41, 5.74) is 0. The number of hydrogen-bond donors (Lipinski definition) is 2. The lowest BCUT2D eigenvalue weighted by Crippen LogP contribution is -2.17. The minimum Gasteiger partial charge on any atom is -0.412 e. The van der Waals surface area contributed by atoms with Crippen molar-refractivity contribution in [2.75, 3.05) is 0 Å². The van der Waals surface area contributed by atoms with Gasteiger partial charge < -0.3 is 9.47 Å². The van der Waals surface area contributed by atoms with Crippen LogP contribution in [0.1, 0.15) is 20.3 Å². The fourth-order valence-corrected chi connectivity index (χ4v) is 0.532. The molecule has 0 aromatic heterocycles. The minimum absolute atomic E-state index is 0.288. The minimum atomic E-state index is -0.862. The van der Waals surface area contributed by atoms with Crippen LogP contribution >= 0.6 is 0 Å². The van der Waals surface area contributed by atoms with Crippen LogP contribution in [-0.4, -0.2) is 23.7 Å². The Morgan fingerprint density at radius 3 is 1.54 bits per heavy atom. The molecule has 0 aliphatic carbocycles. The summed E-state index contributed by atoms with van der Waals surface area (Å²) in [6.07, 6.45) is -0.591. The maximum absolute atomic E-state index is 10.7. The Bertz CT molecular complexity index is 233. The van der Waals surface area contributed by atoms with Crippen LogP contribution in [0.5, 0.6) is 0 Å². The standard InChI is InChI=1S/C7H10N2O4/c1-4(8)12-6(10)3-7(11)13-5(2)9/h8-9H,3H2,1-2H3. The van der Waals surface area contributed by atoms with Crippen molar-refractivity contribution in [2.24, 2.45) is 0 Å². The molecule has 2 N–H and O–H groups in total. The number of ether oxygens (including phenoxy) is 2. The van der Waals surface area contributed by atoms with Crippen LogP contribution < -0.4 is 0 Å². The normalized spacial score (nSPS) is 8.77. The smallest absolute Gasteiger partial charge is 0.323 e. The van der Waals surface area contributed by atoms with Gasteiger partial charge in [0.2, 0.25) is 0 Å². The molecule has 0 unspecified atom stereocenters. The molecule has 0 amide bonds. The van der Waals surface area contributed by atoms with Gasteiger partial charge in [0.05, 0.1) is 0 Å². The van der Waals surface area contributed by atoms with E-state index in [-0.39, 0.29) is 11.8 Å². The van der Waals surface area contributed by atoms with E-state index in [2.05, 4.69) is 9.47 Å². The molecule has 0 aliphatic heterocycles. The van der Waals surface area contributed by atoms with Gasteiger partial charge in [0.25, 0.3) is 0 Å². The maximum Gasteiger partial charge on any atom is 0.323 e. The first-order valence-electron chi connectivity index (χ1n) is 3.43. The van der Waals surface area contributed by atoms with Crippen molar-refractivity contribution in [1.29, 1.82) is 10.8 Å². The summed E-state index contributed by atoms with van der Waals surface area (Å²) in [7, 11) is 0. The van der Waals surface area contributed by atoms with Crippen molar-refractivity contribution in [2.45, 2.75) is 20.3 Å². The monoisotopic (exact) mass is 186 g/mol. The van der Waals surface area contributed by atoms with Crippen molar-refractivity contribution in [1.82, 2.24) is 0 Å². The molecule has 0 aromatic carbocycles. The first-order chi connectivity index (χ1) is 5.91. The van der Waals surface area contributed by atoms with Crippen LogP contribution in [0.4, 0.5) is 0 Å². The molecule has 0 saturated carbocycles. The van der Waals surface area contributed by atoms with Gasteiger partial charge in [-0.25, -0.2) is 0 Å². The van der Waals surface area contributed by atoms with Crippen LogP contribution in [-0.2, 0) is 19.1 Å². The molecule has 0 rings (SSSR count). The Morgan fingerprint density at radius 1 is 1.00 bits per heavy atom. The van der Waals surface area contributed by atoms with Crippen molar-refractivity contribution in [3.63, 3.8) is 0 Å². The van der Waals surface area contributed by atoms with E-state index in [9.17, 15) is 9.59 Å². The lowest BCUT2D eigenvalue weighted by atomic mass is 10.4. The van der Waals surface area contributed by atoms with Crippen LogP contribution in [0.15, 0.2) is 0 Å². The largest absolute Gasteiger partial charge is 0.412 e.